The van der Waals surface area contributed by atoms with Crippen LogP contribution in [0.5, 0.6) is 0 Å². The van der Waals surface area contributed by atoms with Crippen LogP contribution in [0.4, 0.5) is 5.69 Å². The molecule has 3 aromatic rings. The molecule has 0 aromatic carbocycles. The molecular formula is C24H28N4O2. The smallest absolute Gasteiger partial charge is 0.289 e. The van der Waals surface area contributed by atoms with E-state index in [0.717, 1.165) is 35.8 Å². The van der Waals surface area contributed by atoms with Crippen LogP contribution < -0.4 is 4.90 Å². The molecule has 30 heavy (non-hydrogen) atoms. The van der Waals surface area contributed by atoms with Crippen LogP contribution in [0.25, 0.3) is 5.82 Å². The molecule has 3 aromatic heterocycles. The first-order valence-electron chi connectivity index (χ1n) is 10.7. The molecule has 1 fully saturated rings. The van der Waals surface area contributed by atoms with Crippen molar-refractivity contribution in [2.45, 2.75) is 39.7 Å². The lowest BCUT2D eigenvalue weighted by atomic mass is 9.88. The minimum absolute atomic E-state index is 0.0253. The fourth-order valence-corrected chi connectivity index (χ4v) is 4.97. The summed E-state index contributed by atoms with van der Waals surface area (Å²) >= 11 is 0. The first-order chi connectivity index (χ1) is 14.4. The third-order valence-electron chi connectivity index (χ3n) is 6.49. The summed E-state index contributed by atoms with van der Waals surface area (Å²) in [5.74, 6) is 2.66. The van der Waals surface area contributed by atoms with Crippen LogP contribution in [0.2, 0.25) is 0 Å². The van der Waals surface area contributed by atoms with Crippen LogP contribution in [-0.2, 0) is 5.54 Å². The highest BCUT2D eigenvalue weighted by Crippen LogP contribution is 2.47. The Hall–Kier alpha value is -3.02. The Kier molecular flexibility index (Phi) is 4.27. The maximum Gasteiger partial charge on any atom is 0.289 e. The molecule has 0 bridgehead atoms. The highest BCUT2D eigenvalue weighted by molar-refractivity contribution is 5.92. The molecule has 5 heterocycles. The van der Waals surface area contributed by atoms with Crippen molar-refractivity contribution in [2.75, 3.05) is 24.5 Å². The van der Waals surface area contributed by atoms with Crippen molar-refractivity contribution >= 4 is 11.6 Å². The number of pyridine rings is 1. The first kappa shape index (κ1) is 19.0. The van der Waals surface area contributed by atoms with Gasteiger partial charge in [-0.25, -0.2) is 4.98 Å². The van der Waals surface area contributed by atoms with Crippen LogP contribution in [0, 0.1) is 19.8 Å². The number of fused-ring (bicyclic) bond motifs is 4. The van der Waals surface area contributed by atoms with Crippen LogP contribution in [0.15, 0.2) is 47.1 Å². The van der Waals surface area contributed by atoms with Gasteiger partial charge in [-0.15, -0.1) is 0 Å². The zero-order valence-electron chi connectivity index (χ0n) is 18.1. The lowest BCUT2D eigenvalue weighted by Gasteiger charge is -2.47. The van der Waals surface area contributed by atoms with Gasteiger partial charge in [-0.05, 0) is 62.1 Å². The van der Waals surface area contributed by atoms with E-state index in [-0.39, 0.29) is 11.4 Å². The van der Waals surface area contributed by atoms with Crippen molar-refractivity contribution in [1.29, 1.82) is 0 Å². The number of hydrogen-bond acceptors (Lipinski definition) is 4. The predicted molar refractivity (Wildman–Crippen MR) is 116 cm³/mol. The number of aromatic nitrogens is 2. The predicted octanol–water partition coefficient (Wildman–Crippen LogP) is 4.30. The molecule has 6 nitrogen and oxygen atoms in total. The van der Waals surface area contributed by atoms with E-state index in [1.54, 1.807) is 0 Å². The number of furan rings is 1. The molecule has 156 valence electrons. The number of carbonyl (C=O) groups excluding carboxylic acids is 1. The van der Waals surface area contributed by atoms with E-state index < -0.39 is 0 Å². The fourth-order valence-electron chi connectivity index (χ4n) is 4.97. The van der Waals surface area contributed by atoms with E-state index >= 15 is 0 Å². The minimum atomic E-state index is -0.268. The molecule has 0 unspecified atom stereocenters. The fraction of sp³-hybridized carbons (Fsp3) is 0.417. The first-order valence-corrected chi connectivity index (χ1v) is 10.7. The molecule has 6 heteroatoms. The number of likely N-dealkylation sites (tertiary alicyclic amines) is 1. The van der Waals surface area contributed by atoms with Gasteiger partial charge >= 0.3 is 0 Å². The zero-order valence-corrected chi connectivity index (χ0v) is 18.1. The summed E-state index contributed by atoms with van der Waals surface area (Å²) in [4.78, 5) is 22.4. The Morgan fingerprint density at radius 2 is 2.10 bits per heavy atom. The molecule has 1 amide bonds. The number of carbonyl (C=O) groups is 1. The van der Waals surface area contributed by atoms with Crippen molar-refractivity contribution < 1.29 is 9.21 Å². The van der Waals surface area contributed by atoms with E-state index in [2.05, 4.69) is 52.7 Å². The largest absolute Gasteiger partial charge is 0.456 e. The van der Waals surface area contributed by atoms with E-state index in [9.17, 15) is 4.79 Å². The van der Waals surface area contributed by atoms with Crippen molar-refractivity contribution in [1.82, 2.24) is 14.5 Å². The number of rotatable bonds is 3. The van der Waals surface area contributed by atoms with Crippen LogP contribution in [0.3, 0.4) is 0 Å². The summed E-state index contributed by atoms with van der Waals surface area (Å²) < 4.78 is 7.94. The summed E-state index contributed by atoms with van der Waals surface area (Å²) in [6.07, 6.45) is 4.81. The quantitative estimate of drug-likeness (QED) is 0.653. The van der Waals surface area contributed by atoms with Gasteiger partial charge in [0.1, 0.15) is 11.3 Å². The third-order valence-corrected chi connectivity index (χ3v) is 6.49. The van der Waals surface area contributed by atoms with Crippen LogP contribution in [-0.4, -0.2) is 40.0 Å². The van der Waals surface area contributed by atoms with Crippen molar-refractivity contribution in [2.24, 2.45) is 5.92 Å². The van der Waals surface area contributed by atoms with Gasteiger partial charge < -0.3 is 18.8 Å². The monoisotopic (exact) mass is 404 g/mol. The minimum Gasteiger partial charge on any atom is -0.456 e. The second-order valence-electron chi connectivity index (χ2n) is 8.97. The van der Waals surface area contributed by atoms with Gasteiger partial charge in [0.25, 0.3) is 5.91 Å². The highest BCUT2D eigenvalue weighted by Gasteiger charge is 2.51. The Bertz CT molecular complexity index is 1090. The van der Waals surface area contributed by atoms with Gasteiger partial charge in [0, 0.05) is 25.5 Å². The van der Waals surface area contributed by atoms with Gasteiger partial charge in [0.15, 0.2) is 11.6 Å². The molecule has 2 aliphatic heterocycles. The summed E-state index contributed by atoms with van der Waals surface area (Å²) in [5, 5.41) is 0. The molecule has 1 atom stereocenters. The van der Waals surface area contributed by atoms with Gasteiger partial charge in [0.2, 0.25) is 0 Å². The lowest BCUT2D eigenvalue weighted by Crippen LogP contribution is -2.54. The summed E-state index contributed by atoms with van der Waals surface area (Å²) in [7, 11) is 0. The molecule has 1 saturated heterocycles. The molecule has 0 radical (unpaired) electrons. The van der Waals surface area contributed by atoms with Crippen molar-refractivity contribution in [3.63, 3.8) is 0 Å². The van der Waals surface area contributed by atoms with Crippen LogP contribution >= 0.6 is 0 Å². The Labute approximate surface area is 177 Å². The average molecular weight is 405 g/mol. The Morgan fingerprint density at radius 3 is 2.83 bits per heavy atom. The molecule has 1 spiro atoms. The SMILES string of the molecule is Cc1cc(C(=O)N2CC[C@]3(C2)c2cccn2-c2ncccc2N3CC(C)C)oc1C. The van der Waals surface area contributed by atoms with Gasteiger partial charge in [0.05, 0.1) is 17.9 Å². The summed E-state index contributed by atoms with van der Waals surface area (Å²) in [5.41, 5.74) is 3.08. The summed E-state index contributed by atoms with van der Waals surface area (Å²) in [6.45, 7) is 10.6. The number of aryl methyl sites for hydroxylation is 2. The standard InChI is InChI=1S/C24H28N4O2/c1-16(2)14-28-19-7-5-10-25-22(19)27-11-6-8-21(27)24(28)9-12-26(15-24)23(29)20-13-17(3)18(4)30-20/h5-8,10-11,13,16H,9,12,14-15H2,1-4H3/t24-/m0/s1. The molecule has 0 N–H and O–H groups in total. The third kappa shape index (κ3) is 2.70. The normalized spacial score (nSPS) is 20.2. The van der Waals surface area contributed by atoms with E-state index in [4.69, 9.17) is 4.42 Å². The molecule has 5 rings (SSSR count). The number of anilines is 1. The van der Waals surface area contributed by atoms with E-state index in [0.29, 0.717) is 24.8 Å². The van der Waals surface area contributed by atoms with Crippen molar-refractivity contribution in [3.8, 4) is 5.82 Å². The summed E-state index contributed by atoms with van der Waals surface area (Å²) in [6, 6.07) is 10.3. The Balaban J connectivity index is 1.57. The van der Waals surface area contributed by atoms with Gasteiger partial charge in [-0.3, -0.25) is 4.79 Å². The number of hydrogen-bond donors (Lipinski definition) is 0. The Morgan fingerprint density at radius 1 is 1.27 bits per heavy atom. The molecule has 0 saturated carbocycles. The van der Waals surface area contributed by atoms with Crippen molar-refractivity contribution in [3.05, 3.63) is 65.5 Å². The number of nitrogens with zero attached hydrogens (tertiary/aromatic N) is 4. The molecular weight excluding hydrogens is 376 g/mol. The number of amides is 1. The van der Waals surface area contributed by atoms with E-state index in [1.807, 2.05) is 37.1 Å². The lowest BCUT2D eigenvalue weighted by molar-refractivity contribution is 0.0748. The average Bonchev–Trinajstić information content (AvgIpc) is 3.45. The van der Waals surface area contributed by atoms with Gasteiger partial charge in [-0.1, -0.05) is 13.8 Å². The maximum absolute atomic E-state index is 13.3. The molecule has 0 aliphatic carbocycles. The maximum atomic E-state index is 13.3. The topological polar surface area (TPSA) is 54.5 Å². The zero-order chi connectivity index (χ0) is 21.0. The second-order valence-corrected chi connectivity index (χ2v) is 8.97. The molecule has 2 aliphatic rings. The van der Waals surface area contributed by atoms with Crippen LogP contribution in [0.1, 0.15) is 47.8 Å². The second kappa shape index (κ2) is 6.76. The highest BCUT2D eigenvalue weighted by atomic mass is 16.4. The van der Waals surface area contributed by atoms with E-state index in [1.165, 1.54) is 5.69 Å². The van der Waals surface area contributed by atoms with Gasteiger partial charge in [-0.2, -0.15) is 0 Å².